The highest BCUT2D eigenvalue weighted by molar-refractivity contribution is 8.15. The van der Waals surface area contributed by atoms with Gasteiger partial charge >= 0.3 is 5.97 Å². The van der Waals surface area contributed by atoms with Gasteiger partial charge in [-0.1, -0.05) is 58.5 Å². The van der Waals surface area contributed by atoms with Crippen LogP contribution in [-0.4, -0.2) is 34.6 Å². The number of ether oxygens (including phenoxy) is 3. The molecule has 2 aliphatic rings. The fraction of sp³-hybridized carbons (Fsp3) is 0.516. The van der Waals surface area contributed by atoms with Gasteiger partial charge in [0.1, 0.15) is 29.5 Å². The van der Waals surface area contributed by atoms with Crippen LogP contribution in [0.3, 0.4) is 0 Å². The summed E-state index contributed by atoms with van der Waals surface area (Å²) in [4.78, 5) is 35.2. The van der Waals surface area contributed by atoms with E-state index in [-0.39, 0.29) is 27.9 Å². The van der Waals surface area contributed by atoms with E-state index in [2.05, 4.69) is 46.9 Å². The third-order valence-corrected chi connectivity index (χ3v) is 8.03. The van der Waals surface area contributed by atoms with Gasteiger partial charge < -0.3 is 14.2 Å². The molecule has 0 saturated carbocycles. The van der Waals surface area contributed by atoms with Crippen molar-refractivity contribution < 1.29 is 28.6 Å². The van der Waals surface area contributed by atoms with Crippen LogP contribution in [0.15, 0.2) is 36.4 Å². The van der Waals surface area contributed by atoms with Gasteiger partial charge in [0.15, 0.2) is 0 Å². The van der Waals surface area contributed by atoms with Crippen LogP contribution in [-0.2, 0) is 27.8 Å². The van der Waals surface area contributed by atoms with Crippen molar-refractivity contribution in [2.75, 3.05) is 6.61 Å². The molecule has 2 unspecified atom stereocenters. The second kappa shape index (κ2) is 10.9. The Morgan fingerprint density at radius 2 is 1.82 bits per heavy atom. The van der Waals surface area contributed by atoms with E-state index in [4.69, 9.17) is 14.2 Å². The molecule has 2 amide bonds. The van der Waals surface area contributed by atoms with Crippen molar-refractivity contribution in [3.05, 3.63) is 53.1 Å². The van der Waals surface area contributed by atoms with Crippen LogP contribution in [0.2, 0.25) is 0 Å². The van der Waals surface area contributed by atoms with Crippen LogP contribution in [0.1, 0.15) is 78.0 Å². The Bertz CT molecular complexity index is 1260. The Hall–Kier alpha value is -3.00. The fourth-order valence-corrected chi connectivity index (χ4v) is 6.46. The highest BCUT2D eigenvalue weighted by Crippen LogP contribution is 2.45. The van der Waals surface area contributed by atoms with Gasteiger partial charge in [-0.25, -0.2) is 0 Å². The van der Waals surface area contributed by atoms with Gasteiger partial charge in [0, 0.05) is 12.5 Å². The minimum absolute atomic E-state index is 0.0887. The maximum atomic E-state index is 11.9. The van der Waals surface area contributed by atoms with E-state index in [1.165, 1.54) is 6.92 Å². The molecule has 4 rings (SSSR count). The summed E-state index contributed by atoms with van der Waals surface area (Å²) in [6, 6.07) is 11.6. The molecule has 2 atom stereocenters. The average molecular weight is 554 g/mol. The number of rotatable bonds is 8. The van der Waals surface area contributed by atoms with Gasteiger partial charge in [-0.3, -0.25) is 19.7 Å². The van der Waals surface area contributed by atoms with E-state index in [0.29, 0.717) is 24.5 Å². The topological polar surface area (TPSA) is 90.9 Å². The van der Waals surface area contributed by atoms with Crippen LogP contribution < -0.4 is 19.5 Å². The molecule has 0 aliphatic carbocycles. The summed E-state index contributed by atoms with van der Waals surface area (Å²) in [5, 5.41) is 1.64. The van der Waals surface area contributed by atoms with Gasteiger partial charge in [0.25, 0.3) is 5.24 Å². The number of carbonyl (C=O) groups excluding carboxylic acids is 3. The number of carbonyl (C=O) groups is 3. The Morgan fingerprint density at radius 3 is 2.41 bits per heavy atom. The number of thioether (sulfide) groups is 1. The molecule has 2 aromatic carbocycles. The molecule has 2 heterocycles. The molecule has 0 aromatic heterocycles. The molecule has 1 fully saturated rings. The van der Waals surface area contributed by atoms with Gasteiger partial charge in [-0.15, -0.1) is 0 Å². The summed E-state index contributed by atoms with van der Waals surface area (Å²) in [6.45, 7) is 14.8. The first-order valence-corrected chi connectivity index (χ1v) is 14.3. The van der Waals surface area contributed by atoms with Crippen LogP contribution in [0.5, 0.6) is 17.2 Å². The first kappa shape index (κ1) is 29.0. The van der Waals surface area contributed by atoms with E-state index >= 15 is 0 Å². The first-order valence-electron chi connectivity index (χ1n) is 13.4. The lowest BCUT2D eigenvalue weighted by Gasteiger charge is -2.38. The largest absolute Gasteiger partial charge is 0.489 e. The van der Waals surface area contributed by atoms with Gasteiger partial charge in [-0.2, -0.15) is 0 Å². The Morgan fingerprint density at radius 1 is 1.13 bits per heavy atom. The van der Waals surface area contributed by atoms with E-state index in [1.807, 2.05) is 36.4 Å². The van der Waals surface area contributed by atoms with E-state index in [0.717, 1.165) is 53.5 Å². The monoisotopic (exact) mass is 553 g/mol. The maximum Gasteiger partial charge on any atom is 0.308 e. The molecule has 39 heavy (non-hydrogen) atoms. The van der Waals surface area contributed by atoms with Gasteiger partial charge in [-0.05, 0) is 78.8 Å². The molecule has 0 radical (unpaired) electrons. The number of hydrogen-bond donors (Lipinski definition) is 1. The quantitative estimate of drug-likeness (QED) is 0.299. The Balaban J connectivity index is 1.47. The maximum absolute atomic E-state index is 11.9. The zero-order valence-corrected chi connectivity index (χ0v) is 24.8. The predicted molar refractivity (Wildman–Crippen MR) is 153 cm³/mol. The summed E-state index contributed by atoms with van der Waals surface area (Å²) in [5.74, 6) is 1.56. The lowest BCUT2D eigenvalue weighted by molar-refractivity contribution is -0.132. The number of hydrogen-bond acceptors (Lipinski definition) is 7. The molecule has 210 valence electrons. The Labute approximate surface area is 235 Å². The zero-order valence-electron chi connectivity index (χ0n) is 23.9. The lowest BCUT2D eigenvalue weighted by Crippen LogP contribution is -2.42. The van der Waals surface area contributed by atoms with Crippen molar-refractivity contribution in [1.82, 2.24) is 5.32 Å². The second-order valence-electron chi connectivity index (χ2n) is 12.7. The highest BCUT2D eigenvalue weighted by atomic mass is 32.2. The van der Waals surface area contributed by atoms with Crippen molar-refractivity contribution >= 4 is 28.9 Å². The molecular weight excluding hydrogens is 514 g/mol. The summed E-state index contributed by atoms with van der Waals surface area (Å²) < 4.78 is 18.4. The number of esters is 1. The summed E-state index contributed by atoms with van der Waals surface area (Å²) >= 11 is 1.03. The number of fused-ring (bicyclic) bond motifs is 1. The van der Waals surface area contributed by atoms with Crippen LogP contribution in [0.4, 0.5) is 4.79 Å². The molecule has 1 N–H and O–H groups in total. The molecule has 0 spiro atoms. The molecule has 0 bridgehead atoms. The van der Waals surface area contributed by atoms with Crippen molar-refractivity contribution in [3.8, 4) is 17.2 Å². The highest BCUT2D eigenvalue weighted by Gasteiger charge is 2.37. The SMILES string of the molecule is CC(=O)Oc1cc2c(cc1C(C)(C)CC(C)(C)C)OC(C)(COc1ccc(CC3SC(=O)NC3=O)cc1)CC2. The number of amides is 2. The molecule has 7 nitrogen and oxygen atoms in total. The summed E-state index contributed by atoms with van der Waals surface area (Å²) in [7, 11) is 0. The number of imide groups is 1. The third kappa shape index (κ3) is 7.35. The molecule has 8 heteroatoms. The normalized spacial score (nSPS) is 21.2. The van der Waals surface area contributed by atoms with Gasteiger partial charge in [0.05, 0.1) is 5.25 Å². The van der Waals surface area contributed by atoms with Gasteiger partial charge in [0.2, 0.25) is 5.91 Å². The lowest BCUT2D eigenvalue weighted by atomic mass is 9.71. The fourth-order valence-electron chi connectivity index (χ4n) is 5.60. The smallest absolute Gasteiger partial charge is 0.308 e. The van der Waals surface area contributed by atoms with Crippen molar-refractivity contribution in [2.24, 2.45) is 5.41 Å². The minimum Gasteiger partial charge on any atom is -0.489 e. The molecular formula is C31H39NO6S. The predicted octanol–water partition coefficient (Wildman–Crippen LogP) is 6.38. The summed E-state index contributed by atoms with van der Waals surface area (Å²) in [5.41, 5.74) is 2.27. The molecule has 2 aromatic rings. The Kier molecular flexibility index (Phi) is 8.08. The van der Waals surface area contributed by atoms with Crippen LogP contribution in [0.25, 0.3) is 0 Å². The zero-order chi connectivity index (χ0) is 28.6. The van der Waals surface area contributed by atoms with Crippen molar-refractivity contribution in [3.63, 3.8) is 0 Å². The third-order valence-electron chi connectivity index (χ3n) is 7.05. The minimum atomic E-state index is -0.529. The van der Waals surface area contributed by atoms with Crippen LogP contribution >= 0.6 is 11.8 Å². The van der Waals surface area contributed by atoms with Crippen LogP contribution in [0, 0.1) is 5.41 Å². The number of aryl methyl sites for hydroxylation is 1. The number of nitrogens with one attached hydrogen (secondary N) is 1. The summed E-state index contributed by atoms with van der Waals surface area (Å²) in [6.07, 6.45) is 2.93. The standard InChI is InChI=1S/C31H39NO6S/c1-19(33)37-25-15-21-12-13-31(7,38-24(21)16-23(25)30(5,6)17-29(2,3)4)18-36-22-10-8-20(9-11-22)14-26-27(34)32-28(35)39-26/h8-11,15-16,26H,12-14,17-18H2,1-7H3,(H,32,34,35). The van der Waals surface area contributed by atoms with Crippen molar-refractivity contribution in [2.45, 2.75) is 90.4 Å². The average Bonchev–Trinajstić information content (AvgIpc) is 3.13. The second-order valence-corrected chi connectivity index (χ2v) is 13.9. The van der Waals surface area contributed by atoms with E-state index in [1.54, 1.807) is 0 Å². The number of benzene rings is 2. The van der Waals surface area contributed by atoms with Crippen molar-refractivity contribution in [1.29, 1.82) is 0 Å². The first-order chi connectivity index (χ1) is 18.1. The van der Waals surface area contributed by atoms with E-state index in [9.17, 15) is 14.4 Å². The van der Waals surface area contributed by atoms with E-state index < -0.39 is 10.9 Å². The molecule has 2 aliphatic heterocycles. The molecule has 1 saturated heterocycles.